The number of benzene rings is 2. The van der Waals surface area contributed by atoms with Crippen molar-refractivity contribution in [3.05, 3.63) is 65.7 Å². The number of hydrogen-bond donors (Lipinski definition) is 4. The van der Waals surface area contributed by atoms with Gasteiger partial charge in [-0.05, 0) is 24.1 Å². The summed E-state index contributed by atoms with van der Waals surface area (Å²) in [6.07, 6.45) is 0.385. The third-order valence-electron chi connectivity index (χ3n) is 2.75. The van der Waals surface area contributed by atoms with E-state index in [1.165, 1.54) is 12.1 Å². The van der Waals surface area contributed by atoms with Crippen molar-refractivity contribution in [3.8, 4) is 5.75 Å². The van der Waals surface area contributed by atoms with E-state index in [0.29, 0.717) is 6.42 Å². The number of aromatic hydroxyl groups is 1. The number of carbonyl (C=O) groups is 2. The minimum atomic E-state index is -1.11. The van der Waals surface area contributed by atoms with Crippen LogP contribution in [0, 0.1) is 0 Å². The molecule has 5 N–H and O–H groups in total. The average molecular weight is 303 g/mol. The predicted molar refractivity (Wildman–Crippen MR) is 80.8 cm³/mol. The Morgan fingerprint density at radius 2 is 1.50 bits per heavy atom. The highest BCUT2D eigenvalue weighted by Gasteiger charge is 2.11. The SMILES string of the molecule is N[C@@H](Cc1ccccc1)C(=O)O.O=C(O)c1ccccc1O. The largest absolute Gasteiger partial charge is 0.507 e. The normalized spacial score (nSPS) is 11.0. The van der Waals surface area contributed by atoms with Gasteiger partial charge in [-0.2, -0.15) is 0 Å². The molecule has 2 aromatic carbocycles. The van der Waals surface area contributed by atoms with Crippen molar-refractivity contribution in [2.24, 2.45) is 5.73 Å². The van der Waals surface area contributed by atoms with E-state index in [9.17, 15) is 9.59 Å². The van der Waals surface area contributed by atoms with E-state index in [4.69, 9.17) is 21.1 Å². The van der Waals surface area contributed by atoms with Crippen LogP contribution in [0.5, 0.6) is 5.75 Å². The number of nitrogens with two attached hydrogens (primary N) is 1. The quantitative estimate of drug-likeness (QED) is 0.682. The van der Waals surface area contributed by atoms with Gasteiger partial charge in [0, 0.05) is 0 Å². The third kappa shape index (κ3) is 5.64. The molecule has 2 rings (SSSR count). The summed E-state index contributed by atoms with van der Waals surface area (Å²) in [4.78, 5) is 20.6. The zero-order valence-electron chi connectivity index (χ0n) is 11.7. The molecule has 0 aliphatic heterocycles. The highest BCUT2D eigenvalue weighted by molar-refractivity contribution is 5.90. The van der Waals surface area contributed by atoms with Gasteiger partial charge < -0.3 is 21.1 Å². The fraction of sp³-hybridized carbons (Fsp3) is 0.125. The Morgan fingerprint density at radius 3 is 1.95 bits per heavy atom. The molecule has 22 heavy (non-hydrogen) atoms. The first kappa shape index (κ1) is 17.2. The van der Waals surface area contributed by atoms with Crippen LogP contribution in [0.2, 0.25) is 0 Å². The third-order valence-corrected chi connectivity index (χ3v) is 2.75. The topological polar surface area (TPSA) is 121 Å². The lowest BCUT2D eigenvalue weighted by Gasteiger charge is -2.04. The van der Waals surface area contributed by atoms with E-state index in [1.54, 1.807) is 12.1 Å². The summed E-state index contributed by atoms with van der Waals surface area (Å²) in [7, 11) is 0. The first-order valence-electron chi connectivity index (χ1n) is 6.45. The second kappa shape index (κ2) is 8.43. The van der Waals surface area contributed by atoms with Crippen molar-refractivity contribution >= 4 is 11.9 Å². The Bertz CT molecular complexity index is 627. The number of aliphatic carboxylic acids is 1. The molecule has 1 atom stereocenters. The Balaban J connectivity index is 0.000000224. The molecule has 0 unspecified atom stereocenters. The second-order valence-electron chi connectivity index (χ2n) is 4.46. The molecule has 0 aliphatic rings. The number of aromatic carboxylic acids is 1. The highest BCUT2D eigenvalue weighted by atomic mass is 16.4. The van der Waals surface area contributed by atoms with Gasteiger partial charge in [-0.3, -0.25) is 4.79 Å². The summed E-state index contributed by atoms with van der Waals surface area (Å²) in [5.74, 6) is -2.27. The van der Waals surface area contributed by atoms with Gasteiger partial charge >= 0.3 is 11.9 Å². The van der Waals surface area contributed by atoms with Crippen LogP contribution < -0.4 is 5.73 Å². The summed E-state index contributed by atoms with van der Waals surface area (Å²) < 4.78 is 0. The molecule has 0 saturated carbocycles. The molecule has 0 aromatic heterocycles. The first-order valence-corrected chi connectivity index (χ1v) is 6.45. The van der Waals surface area contributed by atoms with Crippen molar-refractivity contribution in [1.29, 1.82) is 0 Å². The number of carboxylic acids is 2. The summed E-state index contributed by atoms with van der Waals surface area (Å²) in [6.45, 7) is 0. The number of hydrogen-bond acceptors (Lipinski definition) is 4. The molecular formula is C16H17NO5. The van der Waals surface area contributed by atoms with Crippen molar-refractivity contribution in [2.45, 2.75) is 12.5 Å². The van der Waals surface area contributed by atoms with Crippen molar-refractivity contribution in [2.75, 3.05) is 0 Å². The van der Waals surface area contributed by atoms with Crippen molar-refractivity contribution in [3.63, 3.8) is 0 Å². The Morgan fingerprint density at radius 1 is 0.955 bits per heavy atom. The minimum Gasteiger partial charge on any atom is -0.507 e. The minimum absolute atomic E-state index is 0.0671. The van der Waals surface area contributed by atoms with E-state index < -0.39 is 18.0 Å². The van der Waals surface area contributed by atoms with E-state index in [1.807, 2.05) is 30.3 Å². The van der Waals surface area contributed by atoms with Crippen molar-refractivity contribution in [1.82, 2.24) is 0 Å². The Labute approximate surface area is 127 Å². The molecule has 6 heteroatoms. The van der Waals surface area contributed by atoms with Gasteiger partial charge in [0.05, 0.1) is 0 Å². The van der Waals surface area contributed by atoms with Crippen LogP contribution in [0.1, 0.15) is 15.9 Å². The summed E-state index contributed by atoms with van der Waals surface area (Å²) >= 11 is 0. The maximum absolute atomic E-state index is 10.4. The number of carboxylic acid groups (broad SMARTS) is 2. The summed E-state index contributed by atoms with van der Waals surface area (Å²) in [5, 5.41) is 25.8. The summed E-state index contributed by atoms with van der Waals surface area (Å²) in [6, 6.07) is 14.4. The lowest BCUT2D eigenvalue weighted by Crippen LogP contribution is -2.32. The Kier molecular flexibility index (Phi) is 6.59. The van der Waals surface area contributed by atoms with Crippen LogP contribution in [0.15, 0.2) is 54.6 Å². The highest BCUT2D eigenvalue weighted by Crippen LogP contribution is 2.14. The van der Waals surface area contributed by atoms with Crippen LogP contribution in [0.25, 0.3) is 0 Å². The molecule has 0 radical (unpaired) electrons. The maximum atomic E-state index is 10.4. The molecule has 0 heterocycles. The number of rotatable bonds is 4. The molecule has 0 bridgehead atoms. The monoisotopic (exact) mass is 303 g/mol. The standard InChI is InChI=1S/C9H11NO2.C7H6O3/c10-8(9(11)12)6-7-4-2-1-3-5-7;8-6-4-2-1-3-5(6)7(9)10/h1-5,8H,6,10H2,(H,11,12);1-4,8H,(H,9,10)/t8-;/m0./s1. The maximum Gasteiger partial charge on any atom is 0.339 e. The van der Waals surface area contributed by atoms with Crippen molar-refractivity contribution < 1.29 is 24.9 Å². The summed E-state index contributed by atoms with van der Waals surface area (Å²) in [5.41, 5.74) is 6.23. The number of phenols is 1. The number of para-hydroxylation sites is 1. The van der Waals surface area contributed by atoms with Gasteiger partial charge in [0.2, 0.25) is 0 Å². The van der Waals surface area contributed by atoms with E-state index >= 15 is 0 Å². The molecule has 2 aromatic rings. The molecule has 0 spiro atoms. The average Bonchev–Trinajstić information content (AvgIpc) is 2.49. The predicted octanol–water partition coefficient (Wildman–Crippen LogP) is 1.73. The fourth-order valence-electron chi connectivity index (χ4n) is 1.61. The molecule has 0 fully saturated rings. The molecule has 0 aliphatic carbocycles. The van der Waals surface area contributed by atoms with E-state index in [-0.39, 0.29) is 11.3 Å². The van der Waals surface area contributed by atoms with Crippen LogP contribution >= 0.6 is 0 Å². The van der Waals surface area contributed by atoms with Crippen LogP contribution in [-0.2, 0) is 11.2 Å². The molecular weight excluding hydrogens is 286 g/mol. The van der Waals surface area contributed by atoms with Gasteiger partial charge in [0.1, 0.15) is 17.4 Å². The molecule has 0 amide bonds. The van der Waals surface area contributed by atoms with Gasteiger partial charge in [0.15, 0.2) is 0 Å². The van der Waals surface area contributed by atoms with Crippen LogP contribution in [0.3, 0.4) is 0 Å². The Hall–Kier alpha value is -2.86. The van der Waals surface area contributed by atoms with Gasteiger partial charge in [0.25, 0.3) is 0 Å². The lowest BCUT2D eigenvalue weighted by atomic mass is 10.1. The first-order chi connectivity index (χ1) is 10.4. The molecule has 0 saturated heterocycles. The van der Waals surface area contributed by atoms with E-state index in [0.717, 1.165) is 5.56 Å². The zero-order valence-corrected chi connectivity index (χ0v) is 11.7. The zero-order chi connectivity index (χ0) is 16.5. The van der Waals surface area contributed by atoms with Crippen LogP contribution in [-0.4, -0.2) is 33.3 Å². The van der Waals surface area contributed by atoms with Crippen LogP contribution in [0.4, 0.5) is 0 Å². The fourth-order valence-corrected chi connectivity index (χ4v) is 1.61. The van der Waals surface area contributed by atoms with Gasteiger partial charge in [-0.15, -0.1) is 0 Å². The van der Waals surface area contributed by atoms with E-state index in [2.05, 4.69) is 0 Å². The van der Waals surface area contributed by atoms with Gasteiger partial charge in [-0.25, -0.2) is 4.79 Å². The van der Waals surface area contributed by atoms with Gasteiger partial charge in [-0.1, -0.05) is 42.5 Å². The lowest BCUT2D eigenvalue weighted by molar-refractivity contribution is -0.138. The second-order valence-corrected chi connectivity index (χ2v) is 4.46. The molecule has 116 valence electrons. The molecule has 6 nitrogen and oxygen atoms in total. The smallest absolute Gasteiger partial charge is 0.339 e.